The average molecular weight is 459 g/mol. The molecule has 4 heteroatoms. The van der Waals surface area contributed by atoms with E-state index in [1.165, 1.54) is 29.6 Å². The molecule has 0 saturated heterocycles. The quantitative estimate of drug-likeness (QED) is 0.548. The molecule has 0 spiro atoms. The number of fused-ring (bicyclic) bond motifs is 5. The topological polar surface area (TPSA) is 55.8 Å². The van der Waals surface area contributed by atoms with Crippen molar-refractivity contribution in [2.75, 3.05) is 6.79 Å². The second kappa shape index (κ2) is 8.31. The van der Waals surface area contributed by atoms with Crippen molar-refractivity contribution < 1.29 is 19.4 Å². The van der Waals surface area contributed by atoms with Crippen molar-refractivity contribution >= 4 is 5.78 Å². The van der Waals surface area contributed by atoms with Crippen LogP contribution in [0.4, 0.5) is 0 Å². The first-order chi connectivity index (χ1) is 16.5. The van der Waals surface area contributed by atoms with Crippen LogP contribution in [0, 0.1) is 35.5 Å². The lowest BCUT2D eigenvalue weighted by molar-refractivity contribution is -0.114. The molecule has 1 aliphatic heterocycles. The number of carbonyl (C=O) groups excluding carboxylic acids is 1. The molecule has 0 radical (unpaired) electrons. The van der Waals surface area contributed by atoms with E-state index in [1.54, 1.807) is 5.57 Å². The summed E-state index contributed by atoms with van der Waals surface area (Å²) in [5.41, 5.74) is 5.51. The van der Waals surface area contributed by atoms with E-state index < -0.39 is 0 Å². The van der Waals surface area contributed by atoms with Crippen molar-refractivity contribution in [3.05, 3.63) is 46.6 Å². The third-order valence-corrected chi connectivity index (χ3v) is 9.29. The van der Waals surface area contributed by atoms with Crippen LogP contribution in [0.2, 0.25) is 0 Å². The number of hydrogen-bond acceptors (Lipinski definition) is 4. The second-order valence-corrected chi connectivity index (χ2v) is 11.2. The van der Waals surface area contributed by atoms with Crippen LogP contribution in [0.5, 0.6) is 11.5 Å². The minimum absolute atomic E-state index is 0.0402. The number of ketones is 1. The van der Waals surface area contributed by atoms with E-state index in [1.807, 2.05) is 12.1 Å². The number of ether oxygens (including phenoxy) is 2. The molecule has 178 valence electrons. The number of allylic oxidation sites excluding steroid dienone is 4. The van der Waals surface area contributed by atoms with E-state index in [4.69, 9.17) is 15.9 Å². The van der Waals surface area contributed by atoms with Crippen LogP contribution in [0.3, 0.4) is 0 Å². The summed E-state index contributed by atoms with van der Waals surface area (Å²) in [4.78, 5) is 12.1. The van der Waals surface area contributed by atoms with E-state index >= 15 is 0 Å². The number of aliphatic hydroxyl groups excluding tert-OH is 1. The summed E-state index contributed by atoms with van der Waals surface area (Å²) in [6.45, 7) is 2.60. The zero-order valence-electron chi connectivity index (χ0n) is 20.0. The van der Waals surface area contributed by atoms with E-state index in [0.717, 1.165) is 50.0 Å². The highest BCUT2D eigenvalue weighted by atomic mass is 16.7. The van der Waals surface area contributed by atoms with Crippen LogP contribution < -0.4 is 9.47 Å². The molecule has 5 unspecified atom stereocenters. The molecule has 1 aromatic rings. The standard InChI is InChI=1S/C25H28O4.C5H6/c1-25-12-19(15-3-8-21-22(11-15)29-13-28-21)24-17-6-4-16(26)10-14(17)2-5-18(24)20(25)7-9-23(25)27;1-2-5-3-4-5/h3,8,10-11,18-20,23,27H,2,4-7,9,12-13H2,1H3;1,5H,3-4H2. The molecule has 34 heavy (non-hydrogen) atoms. The highest BCUT2D eigenvalue weighted by molar-refractivity contribution is 5.93. The fourth-order valence-electron chi connectivity index (χ4n) is 7.31. The molecule has 0 aromatic heterocycles. The molecule has 3 saturated carbocycles. The molecular formula is C30H34O4. The molecule has 0 amide bonds. The summed E-state index contributed by atoms with van der Waals surface area (Å²) in [6, 6.07) is 6.36. The van der Waals surface area contributed by atoms with E-state index in [-0.39, 0.29) is 30.0 Å². The maximum atomic E-state index is 12.1. The molecular weight excluding hydrogens is 424 g/mol. The number of rotatable bonds is 1. The normalized spacial score (nSPS) is 35.3. The van der Waals surface area contributed by atoms with Crippen molar-refractivity contribution in [3.8, 4) is 23.8 Å². The van der Waals surface area contributed by atoms with Crippen LogP contribution in [-0.2, 0) is 4.79 Å². The van der Waals surface area contributed by atoms with Gasteiger partial charge < -0.3 is 14.6 Å². The Morgan fingerprint density at radius 2 is 1.88 bits per heavy atom. The van der Waals surface area contributed by atoms with Gasteiger partial charge in [0.05, 0.1) is 6.10 Å². The van der Waals surface area contributed by atoms with Crippen LogP contribution in [-0.4, -0.2) is 23.8 Å². The third kappa shape index (κ3) is 3.60. The summed E-state index contributed by atoms with van der Waals surface area (Å²) in [7, 11) is 0. The Hall–Kier alpha value is -2.51. The van der Waals surface area contributed by atoms with Gasteiger partial charge in [0.1, 0.15) is 0 Å². The van der Waals surface area contributed by atoms with Crippen LogP contribution in [0.25, 0.3) is 0 Å². The Bertz CT molecular complexity index is 1120. The van der Waals surface area contributed by atoms with Gasteiger partial charge >= 0.3 is 0 Å². The monoisotopic (exact) mass is 458 g/mol. The lowest BCUT2D eigenvalue weighted by Crippen LogP contribution is -2.45. The lowest BCUT2D eigenvalue weighted by atomic mass is 9.53. The summed E-state index contributed by atoms with van der Waals surface area (Å²) in [5, 5.41) is 10.9. The van der Waals surface area contributed by atoms with Gasteiger partial charge in [-0.2, -0.15) is 0 Å². The average Bonchev–Trinajstić information content (AvgIpc) is 3.49. The van der Waals surface area contributed by atoms with Gasteiger partial charge in [-0.1, -0.05) is 18.6 Å². The molecule has 3 fully saturated rings. The van der Waals surface area contributed by atoms with Crippen molar-refractivity contribution in [1.29, 1.82) is 0 Å². The number of terminal acetylenes is 1. The molecule has 0 bridgehead atoms. The number of benzene rings is 1. The first-order valence-electron chi connectivity index (χ1n) is 13.0. The SMILES string of the molecule is C#CC1CC1.CC12CC(c3ccc4c(c3)OCO4)C3=C4CCC(=O)C=C4CCC3C1CCC2O. The lowest BCUT2D eigenvalue weighted by Gasteiger charge is -2.52. The van der Waals surface area contributed by atoms with Crippen molar-refractivity contribution in [1.82, 2.24) is 0 Å². The van der Waals surface area contributed by atoms with Crippen molar-refractivity contribution in [3.63, 3.8) is 0 Å². The van der Waals surface area contributed by atoms with Gasteiger partial charge in [0, 0.05) is 18.3 Å². The Labute approximate surface area is 202 Å². The predicted octanol–water partition coefficient (Wildman–Crippen LogP) is 5.71. The van der Waals surface area contributed by atoms with Gasteiger partial charge in [0.25, 0.3) is 0 Å². The zero-order valence-corrected chi connectivity index (χ0v) is 20.0. The molecule has 1 heterocycles. The summed E-state index contributed by atoms with van der Waals surface area (Å²) >= 11 is 0. The van der Waals surface area contributed by atoms with Gasteiger partial charge in [-0.3, -0.25) is 4.79 Å². The van der Waals surface area contributed by atoms with Crippen molar-refractivity contribution in [2.24, 2.45) is 23.2 Å². The molecule has 5 atom stereocenters. The highest BCUT2D eigenvalue weighted by Crippen LogP contribution is 2.64. The van der Waals surface area contributed by atoms with Gasteiger partial charge in [-0.15, -0.1) is 12.3 Å². The summed E-state index contributed by atoms with van der Waals surface area (Å²) in [5.74, 6) is 6.56. The fourth-order valence-corrected chi connectivity index (χ4v) is 7.31. The molecule has 1 N–H and O–H groups in total. The highest BCUT2D eigenvalue weighted by Gasteiger charge is 2.56. The minimum atomic E-state index is -0.222. The first-order valence-corrected chi connectivity index (χ1v) is 13.0. The minimum Gasteiger partial charge on any atom is -0.454 e. The number of hydrogen-bond donors (Lipinski definition) is 1. The predicted molar refractivity (Wildman–Crippen MR) is 130 cm³/mol. The van der Waals surface area contributed by atoms with Crippen LogP contribution in [0.15, 0.2) is 41.0 Å². The molecule has 6 aliphatic rings. The zero-order chi connectivity index (χ0) is 23.4. The summed E-state index contributed by atoms with van der Waals surface area (Å²) < 4.78 is 11.2. The number of aliphatic hydroxyl groups is 1. The number of carbonyl (C=O) groups is 1. The Morgan fingerprint density at radius 3 is 2.65 bits per heavy atom. The smallest absolute Gasteiger partial charge is 0.231 e. The maximum absolute atomic E-state index is 12.1. The summed E-state index contributed by atoms with van der Waals surface area (Å²) in [6.07, 6.45) is 15.8. The van der Waals surface area contributed by atoms with Gasteiger partial charge in [-0.05, 0) is 104 Å². The first kappa shape index (κ1) is 22.0. The van der Waals surface area contributed by atoms with Gasteiger partial charge in [0.15, 0.2) is 17.3 Å². The van der Waals surface area contributed by atoms with Crippen LogP contribution >= 0.6 is 0 Å². The maximum Gasteiger partial charge on any atom is 0.231 e. The van der Waals surface area contributed by atoms with Crippen molar-refractivity contribution in [2.45, 2.75) is 76.7 Å². The van der Waals surface area contributed by atoms with Gasteiger partial charge in [-0.25, -0.2) is 0 Å². The third-order valence-electron chi connectivity index (χ3n) is 9.29. The Morgan fingerprint density at radius 1 is 1.06 bits per heavy atom. The van der Waals surface area contributed by atoms with E-state index in [0.29, 0.717) is 24.2 Å². The molecule has 7 rings (SSSR count). The Kier molecular flexibility index (Phi) is 5.37. The molecule has 5 aliphatic carbocycles. The van der Waals surface area contributed by atoms with Gasteiger partial charge in [0.2, 0.25) is 6.79 Å². The fraction of sp³-hybridized carbons (Fsp3) is 0.567. The molecule has 1 aromatic carbocycles. The molecule has 4 nitrogen and oxygen atoms in total. The van der Waals surface area contributed by atoms with Crippen LogP contribution in [0.1, 0.15) is 76.2 Å². The Balaban J connectivity index is 0.000000388. The van der Waals surface area contributed by atoms with E-state index in [9.17, 15) is 9.90 Å². The largest absolute Gasteiger partial charge is 0.454 e. The second-order valence-electron chi connectivity index (χ2n) is 11.2. The van der Waals surface area contributed by atoms with E-state index in [2.05, 4.69) is 25.0 Å².